The zero-order valence-corrected chi connectivity index (χ0v) is 17.4. The van der Waals surface area contributed by atoms with Crippen molar-refractivity contribution < 1.29 is 13.2 Å². The molecule has 1 aromatic rings. The van der Waals surface area contributed by atoms with Gasteiger partial charge in [0.25, 0.3) is 0 Å². The van der Waals surface area contributed by atoms with Gasteiger partial charge in [0.15, 0.2) is 0 Å². The van der Waals surface area contributed by atoms with Crippen molar-refractivity contribution in [3.05, 3.63) is 41.3 Å². The van der Waals surface area contributed by atoms with E-state index >= 15 is 0 Å². The molecule has 0 aromatic heterocycles. The summed E-state index contributed by atoms with van der Waals surface area (Å²) in [7, 11) is -3.45. The van der Waals surface area contributed by atoms with E-state index in [2.05, 4.69) is 10.2 Å². The molecule has 0 bridgehead atoms. The van der Waals surface area contributed by atoms with Gasteiger partial charge in [-0.25, -0.2) is 8.42 Å². The van der Waals surface area contributed by atoms with Crippen molar-refractivity contribution in [2.75, 3.05) is 26.2 Å². The molecule has 28 heavy (non-hydrogen) atoms. The molecule has 3 rings (SSSR count). The second kappa shape index (κ2) is 9.67. The Labute approximate surface area is 168 Å². The monoisotopic (exact) mass is 405 g/mol. The first-order valence-electron chi connectivity index (χ1n) is 10.2. The van der Waals surface area contributed by atoms with E-state index in [-0.39, 0.29) is 11.9 Å². The highest BCUT2D eigenvalue weighted by atomic mass is 32.2. The summed E-state index contributed by atoms with van der Waals surface area (Å²) in [6.07, 6.45) is 7.40. The number of carbonyl (C=O) groups excluding carboxylic acids is 1. The molecular formula is C21H31N3O3S. The van der Waals surface area contributed by atoms with E-state index in [1.54, 1.807) is 6.08 Å². The number of piperazine rings is 1. The maximum Gasteiger partial charge on any atom is 0.237 e. The van der Waals surface area contributed by atoms with Crippen molar-refractivity contribution in [3.63, 3.8) is 0 Å². The lowest BCUT2D eigenvalue weighted by Crippen LogP contribution is -2.55. The van der Waals surface area contributed by atoms with E-state index in [1.165, 1.54) is 29.0 Å². The lowest BCUT2D eigenvalue weighted by molar-refractivity contribution is -0.127. The van der Waals surface area contributed by atoms with Gasteiger partial charge in [0.1, 0.15) is 0 Å². The second-order valence-corrected chi connectivity index (χ2v) is 9.53. The van der Waals surface area contributed by atoms with E-state index in [9.17, 15) is 13.2 Å². The van der Waals surface area contributed by atoms with Crippen molar-refractivity contribution in [1.82, 2.24) is 14.5 Å². The molecule has 7 heteroatoms. The SMILES string of the molecule is CC(C(=O)NC1CCCCC1)N1CCN(S(=O)(=O)/C=C/c2ccccc2)CC1. The Kier molecular flexibility index (Phi) is 7.26. The quantitative estimate of drug-likeness (QED) is 0.789. The van der Waals surface area contributed by atoms with Crippen LogP contribution in [0.25, 0.3) is 6.08 Å². The molecule has 1 atom stereocenters. The molecule has 1 amide bonds. The van der Waals surface area contributed by atoms with E-state index in [4.69, 9.17) is 0 Å². The van der Waals surface area contributed by atoms with Crippen molar-refractivity contribution >= 4 is 22.0 Å². The van der Waals surface area contributed by atoms with Gasteiger partial charge in [-0.05, 0) is 31.4 Å². The van der Waals surface area contributed by atoms with Gasteiger partial charge >= 0.3 is 0 Å². The smallest absolute Gasteiger partial charge is 0.237 e. The molecule has 2 fully saturated rings. The molecule has 6 nitrogen and oxygen atoms in total. The van der Waals surface area contributed by atoms with Crippen LogP contribution in [0.1, 0.15) is 44.6 Å². The molecule has 1 aliphatic carbocycles. The summed E-state index contributed by atoms with van der Waals surface area (Å²) < 4.78 is 26.6. The van der Waals surface area contributed by atoms with Gasteiger partial charge in [0.05, 0.1) is 6.04 Å². The summed E-state index contributed by atoms with van der Waals surface area (Å²) in [5, 5.41) is 4.45. The Balaban J connectivity index is 1.50. The van der Waals surface area contributed by atoms with Crippen LogP contribution in [0.3, 0.4) is 0 Å². The minimum absolute atomic E-state index is 0.0622. The Morgan fingerprint density at radius 2 is 1.71 bits per heavy atom. The van der Waals surface area contributed by atoms with Crippen LogP contribution in [-0.2, 0) is 14.8 Å². The van der Waals surface area contributed by atoms with Crippen LogP contribution in [-0.4, -0.2) is 61.8 Å². The zero-order chi connectivity index (χ0) is 20.0. The fourth-order valence-corrected chi connectivity index (χ4v) is 5.07. The predicted octanol–water partition coefficient (Wildman–Crippen LogP) is 2.44. The Morgan fingerprint density at radius 3 is 2.36 bits per heavy atom. The van der Waals surface area contributed by atoms with Crippen molar-refractivity contribution in [2.24, 2.45) is 0 Å². The van der Waals surface area contributed by atoms with E-state index in [0.717, 1.165) is 18.4 Å². The van der Waals surface area contributed by atoms with Gasteiger partial charge in [0, 0.05) is 37.6 Å². The molecule has 1 aliphatic heterocycles. The number of sulfonamides is 1. The summed E-state index contributed by atoms with van der Waals surface area (Å²) in [5.41, 5.74) is 0.859. The van der Waals surface area contributed by atoms with Gasteiger partial charge in [-0.1, -0.05) is 49.6 Å². The molecular weight excluding hydrogens is 374 g/mol. The number of hydrogen-bond donors (Lipinski definition) is 1. The third-order valence-corrected chi connectivity index (χ3v) is 7.31. The number of nitrogens with one attached hydrogen (secondary N) is 1. The fraction of sp³-hybridized carbons (Fsp3) is 0.571. The average molecular weight is 406 g/mol. The van der Waals surface area contributed by atoms with Crippen molar-refractivity contribution in [2.45, 2.75) is 51.1 Å². The number of benzene rings is 1. The van der Waals surface area contributed by atoms with Crippen LogP contribution >= 0.6 is 0 Å². The highest BCUT2D eigenvalue weighted by Crippen LogP contribution is 2.18. The van der Waals surface area contributed by atoms with Crippen LogP contribution in [0, 0.1) is 0 Å². The first-order chi connectivity index (χ1) is 13.5. The summed E-state index contributed by atoms with van der Waals surface area (Å²) in [4.78, 5) is 14.6. The predicted molar refractivity (Wildman–Crippen MR) is 112 cm³/mol. The normalized spacial score (nSPS) is 21.6. The number of rotatable bonds is 6. The summed E-state index contributed by atoms with van der Waals surface area (Å²) in [5.74, 6) is 0.0622. The second-order valence-electron chi connectivity index (χ2n) is 7.71. The number of amides is 1. The first-order valence-corrected chi connectivity index (χ1v) is 11.7. The van der Waals surface area contributed by atoms with Gasteiger partial charge in [-0.3, -0.25) is 9.69 Å². The molecule has 0 radical (unpaired) electrons. The third kappa shape index (κ3) is 5.65. The molecule has 154 valence electrons. The zero-order valence-electron chi connectivity index (χ0n) is 16.6. The van der Waals surface area contributed by atoms with Crippen LogP contribution in [0.2, 0.25) is 0 Å². The van der Waals surface area contributed by atoms with E-state index in [1.807, 2.05) is 37.3 Å². The lowest BCUT2D eigenvalue weighted by Gasteiger charge is -2.37. The molecule has 1 aromatic carbocycles. The van der Waals surface area contributed by atoms with Gasteiger partial charge in [-0.2, -0.15) is 4.31 Å². The van der Waals surface area contributed by atoms with Gasteiger partial charge < -0.3 is 5.32 Å². The van der Waals surface area contributed by atoms with Gasteiger partial charge in [0.2, 0.25) is 15.9 Å². The molecule has 0 spiro atoms. The molecule has 1 saturated heterocycles. The van der Waals surface area contributed by atoms with Crippen LogP contribution in [0.5, 0.6) is 0 Å². The molecule has 1 heterocycles. The number of carbonyl (C=O) groups is 1. The van der Waals surface area contributed by atoms with Crippen molar-refractivity contribution in [1.29, 1.82) is 0 Å². The number of nitrogens with zero attached hydrogens (tertiary/aromatic N) is 2. The average Bonchev–Trinajstić information content (AvgIpc) is 2.73. The van der Waals surface area contributed by atoms with Gasteiger partial charge in [-0.15, -0.1) is 0 Å². The summed E-state index contributed by atoms with van der Waals surface area (Å²) in [6.45, 7) is 3.86. The van der Waals surface area contributed by atoms with E-state index < -0.39 is 10.0 Å². The maximum atomic E-state index is 12.6. The van der Waals surface area contributed by atoms with Crippen LogP contribution < -0.4 is 5.32 Å². The topological polar surface area (TPSA) is 69.7 Å². The Hall–Kier alpha value is -1.70. The highest BCUT2D eigenvalue weighted by Gasteiger charge is 2.30. The Morgan fingerprint density at radius 1 is 1.07 bits per heavy atom. The third-order valence-electron chi connectivity index (χ3n) is 5.74. The van der Waals surface area contributed by atoms with Crippen LogP contribution in [0.4, 0.5) is 0 Å². The minimum atomic E-state index is -3.45. The molecule has 1 N–H and O–H groups in total. The molecule has 2 aliphatic rings. The Bertz CT molecular complexity index is 765. The van der Waals surface area contributed by atoms with E-state index in [0.29, 0.717) is 32.2 Å². The maximum absolute atomic E-state index is 12.6. The highest BCUT2D eigenvalue weighted by molar-refractivity contribution is 7.92. The van der Waals surface area contributed by atoms with Crippen molar-refractivity contribution in [3.8, 4) is 0 Å². The molecule has 1 unspecified atom stereocenters. The minimum Gasteiger partial charge on any atom is -0.352 e. The van der Waals surface area contributed by atoms with Crippen LogP contribution in [0.15, 0.2) is 35.7 Å². The number of hydrogen-bond acceptors (Lipinski definition) is 4. The first kappa shape index (κ1) is 21.0. The summed E-state index contributed by atoms with van der Waals surface area (Å²) >= 11 is 0. The molecule has 1 saturated carbocycles. The fourth-order valence-electron chi connectivity index (χ4n) is 3.89. The summed E-state index contributed by atoms with van der Waals surface area (Å²) in [6, 6.07) is 9.47. The largest absolute Gasteiger partial charge is 0.352 e. The standard InChI is InChI=1S/C21H31N3O3S/c1-18(21(25)22-20-10-6-3-7-11-20)23-13-15-24(16-14-23)28(26,27)17-12-19-8-4-2-5-9-19/h2,4-5,8-9,12,17-18,20H,3,6-7,10-11,13-16H2,1H3,(H,22,25)/b17-12+. The lowest BCUT2D eigenvalue weighted by atomic mass is 9.95.